The van der Waals surface area contributed by atoms with Gasteiger partial charge in [-0.25, -0.2) is 8.42 Å². The minimum Gasteiger partial charge on any atom is -0.495 e. The quantitative estimate of drug-likeness (QED) is 0.459. The first-order chi connectivity index (χ1) is 16.5. The molecule has 0 fully saturated rings. The number of rotatable bonds is 12. The first-order valence-corrected chi connectivity index (χ1v) is 13.7. The summed E-state index contributed by atoms with van der Waals surface area (Å²) >= 11 is 6.11. The van der Waals surface area contributed by atoms with Crippen molar-refractivity contribution < 1.29 is 22.7 Å². The summed E-state index contributed by atoms with van der Waals surface area (Å²) in [5.74, 6) is -0.557. The fourth-order valence-electron chi connectivity index (χ4n) is 3.49. The zero-order valence-corrected chi connectivity index (χ0v) is 22.4. The van der Waals surface area contributed by atoms with Crippen LogP contribution in [0, 0.1) is 0 Å². The molecular weight excluding hydrogens is 490 g/mol. The Kier molecular flexibility index (Phi) is 10.4. The van der Waals surface area contributed by atoms with Gasteiger partial charge in [0, 0.05) is 17.6 Å². The van der Waals surface area contributed by atoms with E-state index in [2.05, 4.69) is 5.32 Å². The number of nitrogens with one attached hydrogen (secondary N) is 1. The molecule has 0 saturated heterocycles. The van der Waals surface area contributed by atoms with Crippen molar-refractivity contribution in [3.63, 3.8) is 0 Å². The molecule has 0 bridgehead atoms. The Hall–Kier alpha value is -2.78. The molecule has 0 aliphatic rings. The van der Waals surface area contributed by atoms with E-state index >= 15 is 0 Å². The van der Waals surface area contributed by atoms with Crippen LogP contribution < -0.4 is 14.4 Å². The van der Waals surface area contributed by atoms with Gasteiger partial charge in [0.2, 0.25) is 21.8 Å². The summed E-state index contributed by atoms with van der Waals surface area (Å²) in [7, 11) is -2.48. The molecule has 8 nitrogen and oxygen atoms in total. The zero-order valence-electron chi connectivity index (χ0n) is 20.8. The summed E-state index contributed by atoms with van der Waals surface area (Å²) in [5, 5.41) is 3.20. The first kappa shape index (κ1) is 28.5. The van der Waals surface area contributed by atoms with Crippen LogP contribution in [0.5, 0.6) is 5.75 Å². The number of carbonyl (C=O) groups is 2. The van der Waals surface area contributed by atoms with Crippen LogP contribution in [-0.2, 0) is 26.0 Å². The van der Waals surface area contributed by atoms with Gasteiger partial charge in [0.15, 0.2) is 0 Å². The Morgan fingerprint density at radius 2 is 1.77 bits per heavy atom. The molecule has 0 aliphatic heterocycles. The number of sulfonamides is 1. The second-order valence-corrected chi connectivity index (χ2v) is 10.7. The number of amides is 2. The maximum absolute atomic E-state index is 13.5. The zero-order chi connectivity index (χ0) is 26.2. The molecule has 35 heavy (non-hydrogen) atoms. The molecule has 0 unspecified atom stereocenters. The number of benzene rings is 2. The van der Waals surface area contributed by atoms with Crippen LogP contribution in [0.4, 0.5) is 5.69 Å². The summed E-state index contributed by atoms with van der Waals surface area (Å²) < 4.78 is 31.7. The molecule has 0 aliphatic carbocycles. The fraction of sp³-hybridized carbons (Fsp3) is 0.440. The standard InChI is InChI=1S/C25H34ClN3O5S/c1-6-18(2)27-25(31)19(3)28(15-14-20-10-8-7-9-11-20)24(30)17-29(35(5,32)33)22-16-21(26)12-13-23(22)34-4/h7-13,16,18-19H,6,14-15,17H2,1-5H3,(H,27,31)/t18-,19+/m0/s1. The molecule has 0 spiro atoms. The number of hydrogen-bond donors (Lipinski definition) is 1. The number of ether oxygens (including phenoxy) is 1. The molecule has 0 aromatic heterocycles. The molecule has 192 valence electrons. The van der Waals surface area contributed by atoms with Crippen molar-refractivity contribution in [1.82, 2.24) is 10.2 Å². The lowest BCUT2D eigenvalue weighted by Gasteiger charge is -2.32. The van der Waals surface area contributed by atoms with Crippen LogP contribution in [-0.4, -0.2) is 63.7 Å². The van der Waals surface area contributed by atoms with Crippen LogP contribution in [0.15, 0.2) is 48.5 Å². The van der Waals surface area contributed by atoms with E-state index in [0.29, 0.717) is 11.4 Å². The SMILES string of the molecule is CC[C@H](C)NC(=O)[C@@H](C)N(CCc1ccccc1)C(=O)CN(c1cc(Cl)ccc1OC)S(C)(=O)=O. The van der Waals surface area contributed by atoms with E-state index in [1.54, 1.807) is 13.0 Å². The van der Waals surface area contributed by atoms with Gasteiger partial charge in [-0.3, -0.25) is 13.9 Å². The van der Waals surface area contributed by atoms with E-state index in [1.807, 2.05) is 44.2 Å². The maximum Gasteiger partial charge on any atom is 0.244 e. The second-order valence-electron chi connectivity index (χ2n) is 8.40. The highest BCUT2D eigenvalue weighted by molar-refractivity contribution is 7.92. The predicted octanol–water partition coefficient (Wildman–Crippen LogP) is 3.49. The Labute approximate surface area is 213 Å². The molecule has 0 saturated carbocycles. The largest absolute Gasteiger partial charge is 0.495 e. The highest BCUT2D eigenvalue weighted by atomic mass is 35.5. The highest BCUT2D eigenvalue weighted by Gasteiger charge is 2.31. The van der Waals surface area contributed by atoms with Gasteiger partial charge in [-0.1, -0.05) is 48.9 Å². The van der Waals surface area contributed by atoms with Crippen LogP contribution in [0.1, 0.15) is 32.8 Å². The van der Waals surface area contributed by atoms with E-state index in [-0.39, 0.29) is 29.9 Å². The third-order valence-corrected chi connectivity index (χ3v) is 7.10. The Morgan fingerprint density at radius 3 is 2.34 bits per heavy atom. The average molecular weight is 524 g/mol. The highest BCUT2D eigenvalue weighted by Crippen LogP contribution is 2.32. The molecule has 0 heterocycles. The van der Waals surface area contributed by atoms with Gasteiger partial charge in [0.25, 0.3) is 0 Å². The van der Waals surface area contributed by atoms with Gasteiger partial charge in [0.1, 0.15) is 18.3 Å². The monoisotopic (exact) mass is 523 g/mol. The van der Waals surface area contributed by atoms with Crippen molar-refractivity contribution in [1.29, 1.82) is 0 Å². The van der Waals surface area contributed by atoms with Crippen molar-refractivity contribution >= 4 is 39.1 Å². The van der Waals surface area contributed by atoms with Crippen molar-refractivity contribution in [2.45, 2.75) is 45.7 Å². The van der Waals surface area contributed by atoms with Crippen molar-refractivity contribution in [2.75, 3.05) is 30.8 Å². The molecule has 2 atom stereocenters. The summed E-state index contributed by atoms with van der Waals surface area (Å²) in [5.41, 5.74) is 1.15. The van der Waals surface area contributed by atoms with Gasteiger partial charge in [-0.05, 0) is 50.5 Å². The number of carbonyl (C=O) groups excluding carboxylic acids is 2. The average Bonchev–Trinajstić information content (AvgIpc) is 2.82. The smallest absolute Gasteiger partial charge is 0.244 e. The number of anilines is 1. The summed E-state index contributed by atoms with van der Waals surface area (Å²) in [6.07, 6.45) is 2.26. The number of hydrogen-bond acceptors (Lipinski definition) is 5. The van der Waals surface area contributed by atoms with E-state index in [4.69, 9.17) is 16.3 Å². The van der Waals surface area contributed by atoms with Crippen LogP contribution >= 0.6 is 11.6 Å². The van der Waals surface area contributed by atoms with Crippen LogP contribution in [0.25, 0.3) is 0 Å². The maximum atomic E-state index is 13.5. The van der Waals surface area contributed by atoms with Gasteiger partial charge in [0.05, 0.1) is 19.1 Å². The van der Waals surface area contributed by atoms with Crippen molar-refractivity contribution in [3.05, 3.63) is 59.1 Å². The van der Waals surface area contributed by atoms with E-state index < -0.39 is 28.5 Å². The lowest BCUT2D eigenvalue weighted by molar-refractivity contribution is -0.139. The molecule has 0 radical (unpaired) electrons. The Balaban J connectivity index is 2.38. The third kappa shape index (κ3) is 8.14. The van der Waals surface area contributed by atoms with Gasteiger partial charge < -0.3 is 15.0 Å². The van der Waals surface area contributed by atoms with E-state index in [9.17, 15) is 18.0 Å². The lowest BCUT2D eigenvalue weighted by atomic mass is 10.1. The first-order valence-electron chi connectivity index (χ1n) is 11.4. The number of nitrogens with zero attached hydrogens (tertiary/aromatic N) is 2. The van der Waals surface area contributed by atoms with Gasteiger partial charge in [-0.15, -0.1) is 0 Å². The second kappa shape index (κ2) is 12.8. The normalized spacial score (nSPS) is 13.0. The minimum absolute atomic E-state index is 0.0562. The van der Waals surface area contributed by atoms with E-state index in [1.165, 1.54) is 24.1 Å². The Bertz CT molecular complexity index is 1110. The molecule has 2 amide bonds. The van der Waals surface area contributed by atoms with Gasteiger partial charge in [-0.2, -0.15) is 0 Å². The van der Waals surface area contributed by atoms with Crippen molar-refractivity contribution in [3.8, 4) is 5.75 Å². The Morgan fingerprint density at radius 1 is 1.11 bits per heavy atom. The fourth-order valence-corrected chi connectivity index (χ4v) is 4.50. The lowest BCUT2D eigenvalue weighted by Crippen LogP contribution is -2.53. The van der Waals surface area contributed by atoms with Crippen LogP contribution in [0.3, 0.4) is 0 Å². The predicted molar refractivity (Wildman–Crippen MR) is 139 cm³/mol. The molecular formula is C25H34ClN3O5S. The molecule has 1 N–H and O–H groups in total. The molecule has 2 aromatic rings. The molecule has 2 aromatic carbocycles. The van der Waals surface area contributed by atoms with Crippen molar-refractivity contribution in [2.24, 2.45) is 0 Å². The van der Waals surface area contributed by atoms with Gasteiger partial charge >= 0.3 is 0 Å². The third-order valence-electron chi connectivity index (χ3n) is 5.74. The summed E-state index contributed by atoms with van der Waals surface area (Å²) in [6, 6.07) is 13.3. The summed E-state index contributed by atoms with van der Waals surface area (Å²) in [4.78, 5) is 27.9. The number of methoxy groups -OCH3 is 1. The number of halogens is 1. The van der Waals surface area contributed by atoms with Crippen LogP contribution in [0.2, 0.25) is 5.02 Å². The molecule has 10 heteroatoms. The summed E-state index contributed by atoms with van der Waals surface area (Å²) in [6.45, 7) is 5.22. The van der Waals surface area contributed by atoms with E-state index in [0.717, 1.165) is 22.5 Å². The molecule has 2 rings (SSSR count). The minimum atomic E-state index is -3.89. The topological polar surface area (TPSA) is 96.0 Å².